The van der Waals surface area contributed by atoms with Crippen molar-refractivity contribution in [2.45, 2.75) is 25.7 Å². The predicted octanol–water partition coefficient (Wildman–Crippen LogP) is 5.84. The van der Waals surface area contributed by atoms with Crippen LogP contribution in [0.15, 0.2) is 48.8 Å². The highest BCUT2D eigenvalue weighted by Crippen LogP contribution is 2.35. The first-order chi connectivity index (χ1) is 16.2. The molecule has 0 aliphatic heterocycles. The lowest BCUT2D eigenvalue weighted by Crippen LogP contribution is -2.10. The van der Waals surface area contributed by atoms with E-state index >= 15 is 0 Å². The van der Waals surface area contributed by atoms with Gasteiger partial charge in [-0.3, -0.25) is 4.98 Å². The number of alkyl halides is 2. The van der Waals surface area contributed by atoms with Crippen molar-refractivity contribution in [1.82, 2.24) is 15.0 Å². The molecule has 0 spiro atoms. The third-order valence-electron chi connectivity index (χ3n) is 5.15. The number of hydrogen-bond donors (Lipinski definition) is 1. The molecule has 10 heteroatoms. The van der Waals surface area contributed by atoms with Crippen LogP contribution in [0.4, 0.5) is 18.3 Å². The summed E-state index contributed by atoms with van der Waals surface area (Å²) in [4.78, 5) is 24.8. The Labute approximate surface area is 197 Å². The van der Waals surface area contributed by atoms with E-state index < -0.39 is 17.8 Å². The lowest BCUT2D eigenvalue weighted by Gasteiger charge is -2.09. The number of fused-ring (bicyclic) bond motifs is 1. The van der Waals surface area contributed by atoms with Crippen molar-refractivity contribution in [1.29, 1.82) is 0 Å². The maximum atomic E-state index is 13.6. The molecule has 0 unspecified atom stereocenters. The monoisotopic (exact) mass is 486 g/mol. The molecule has 0 aliphatic carbocycles. The molecular formula is C24H21F3N4O2S. The summed E-state index contributed by atoms with van der Waals surface area (Å²) < 4.78 is 45.0. The van der Waals surface area contributed by atoms with Crippen LogP contribution in [0.1, 0.15) is 35.1 Å². The molecule has 0 saturated heterocycles. The maximum absolute atomic E-state index is 13.6. The molecule has 0 aliphatic rings. The van der Waals surface area contributed by atoms with E-state index in [1.807, 2.05) is 6.07 Å². The first kappa shape index (κ1) is 23.6. The summed E-state index contributed by atoms with van der Waals surface area (Å²) in [5.41, 5.74) is 1.47. The number of aromatic nitrogens is 3. The van der Waals surface area contributed by atoms with E-state index in [9.17, 15) is 18.0 Å². The molecule has 34 heavy (non-hydrogen) atoms. The Hall–Kier alpha value is -3.53. The molecule has 6 nitrogen and oxygen atoms in total. The summed E-state index contributed by atoms with van der Waals surface area (Å²) in [7, 11) is 1.29. The van der Waals surface area contributed by atoms with Gasteiger partial charge in [0, 0.05) is 37.3 Å². The lowest BCUT2D eigenvalue weighted by atomic mass is 10.1. The smallest absolute Gasteiger partial charge is 0.358 e. The molecule has 0 bridgehead atoms. The molecule has 1 aromatic carbocycles. The zero-order chi connectivity index (χ0) is 24.3. The highest BCUT2D eigenvalue weighted by Gasteiger charge is 2.25. The molecule has 3 aromatic heterocycles. The number of methoxy groups -OCH3 is 1. The molecule has 3 heterocycles. The Balaban J connectivity index is 1.46. The van der Waals surface area contributed by atoms with Crippen LogP contribution in [-0.4, -0.2) is 34.6 Å². The van der Waals surface area contributed by atoms with Crippen LogP contribution in [0.3, 0.4) is 0 Å². The normalized spacial score (nSPS) is 11.6. The Kier molecular flexibility index (Phi) is 6.78. The van der Waals surface area contributed by atoms with Gasteiger partial charge >= 0.3 is 5.97 Å². The number of nitrogens with zero attached hydrogens (tertiary/aromatic N) is 3. The Morgan fingerprint density at radius 2 is 1.94 bits per heavy atom. The van der Waals surface area contributed by atoms with Gasteiger partial charge in [-0.25, -0.2) is 14.8 Å². The van der Waals surface area contributed by atoms with Crippen molar-refractivity contribution < 1.29 is 22.7 Å². The van der Waals surface area contributed by atoms with Crippen molar-refractivity contribution in [3.05, 3.63) is 71.7 Å². The van der Waals surface area contributed by atoms with Crippen LogP contribution in [0.5, 0.6) is 0 Å². The first-order valence-corrected chi connectivity index (χ1v) is 11.3. The third kappa shape index (κ3) is 5.33. The van der Waals surface area contributed by atoms with Crippen LogP contribution in [0.2, 0.25) is 0 Å². The van der Waals surface area contributed by atoms with Gasteiger partial charge in [0.05, 0.1) is 12.0 Å². The Morgan fingerprint density at radius 3 is 2.65 bits per heavy atom. The van der Waals surface area contributed by atoms with Crippen LogP contribution in [0, 0.1) is 5.95 Å². The van der Waals surface area contributed by atoms with E-state index in [4.69, 9.17) is 4.74 Å². The second kappa shape index (κ2) is 9.76. The molecule has 0 amide bonds. The van der Waals surface area contributed by atoms with Gasteiger partial charge in [0.1, 0.15) is 5.69 Å². The third-order valence-corrected chi connectivity index (χ3v) is 6.21. The van der Waals surface area contributed by atoms with Gasteiger partial charge < -0.3 is 10.1 Å². The number of thiazole rings is 1. The van der Waals surface area contributed by atoms with E-state index in [0.717, 1.165) is 17.9 Å². The zero-order valence-electron chi connectivity index (χ0n) is 18.4. The van der Waals surface area contributed by atoms with Gasteiger partial charge in [-0.1, -0.05) is 29.5 Å². The molecule has 0 radical (unpaired) electrons. The molecule has 0 atom stereocenters. The summed E-state index contributed by atoms with van der Waals surface area (Å²) >= 11 is 1.29. The van der Waals surface area contributed by atoms with Crippen molar-refractivity contribution in [2.75, 3.05) is 19.0 Å². The van der Waals surface area contributed by atoms with Crippen LogP contribution < -0.4 is 5.32 Å². The van der Waals surface area contributed by atoms with Crippen LogP contribution in [-0.2, 0) is 17.1 Å². The molecular weight excluding hydrogens is 465 g/mol. The molecule has 4 aromatic rings. The average Bonchev–Trinajstić information content (AvgIpc) is 3.25. The topological polar surface area (TPSA) is 77.0 Å². The number of aryl methyl sites for hydroxylation is 1. The van der Waals surface area contributed by atoms with Crippen molar-refractivity contribution >= 4 is 33.2 Å². The first-order valence-electron chi connectivity index (χ1n) is 10.5. The van der Waals surface area contributed by atoms with Gasteiger partial charge in [0.25, 0.3) is 5.92 Å². The van der Waals surface area contributed by atoms with Gasteiger partial charge in [-0.15, -0.1) is 0 Å². The molecule has 0 fully saturated rings. The number of carbonyl (C=O) groups is 1. The standard InChI is InChI=1S/C24H21F3N4O2S/c1-24(26,27)18-8-5-14(12-29-18)4-3-9-28-23-31-20(22(32)33-2)21(34-23)15-6-7-16-13-30-19(25)11-17(16)10-15/h5-8,10-13H,3-4,9H2,1-2H3,(H,28,31). The maximum Gasteiger partial charge on any atom is 0.358 e. The number of halogens is 3. The minimum Gasteiger partial charge on any atom is -0.464 e. The van der Waals surface area contributed by atoms with Crippen molar-refractivity contribution in [3.8, 4) is 10.4 Å². The quantitative estimate of drug-likeness (QED) is 0.192. The van der Waals surface area contributed by atoms with Crippen molar-refractivity contribution in [2.24, 2.45) is 0 Å². The van der Waals surface area contributed by atoms with Gasteiger partial charge in [0.2, 0.25) is 5.95 Å². The molecule has 176 valence electrons. The van der Waals surface area contributed by atoms with Crippen LogP contribution >= 0.6 is 11.3 Å². The highest BCUT2D eigenvalue weighted by molar-refractivity contribution is 7.19. The van der Waals surface area contributed by atoms with E-state index in [0.29, 0.717) is 40.3 Å². The predicted molar refractivity (Wildman–Crippen MR) is 125 cm³/mol. The Morgan fingerprint density at radius 1 is 1.12 bits per heavy atom. The van der Waals surface area contributed by atoms with E-state index in [-0.39, 0.29) is 11.4 Å². The fourth-order valence-electron chi connectivity index (χ4n) is 3.40. The molecule has 1 N–H and O–H groups in total. The minimum atomic E-state index is -2.96. The van der Waals surface area contributed by atoms with Crippen molar-refractivity contribution in [3.63, 3.8) is 0 Å². The second-order valence-electron chi connectivity index (χ2n) is 7.73. The summed E-state index contributed by atoms with van der Waals surface area (Å²) in [5, 5.41) is 5.17. The number of hydrogen-bond acceptors (Lipinski definition) is 7. The molecule has 0 saturated carbocycles. The highest BCUT2D eigenvalue weighted by atomic mass is 32.1. The molecule has 4 rings (SSSR count). The lowest BCUT2D eigenvalue weighted by molar-refractivity contribution is 0.0127. The summed E-state index contributed by atoms with van der Waals surface area (Å²) in [6, 6.07) is 9.72. The second-order valence-corrected chi connectivity index (χ2v) is 8.73. The van der Waals surface area contributed by atoms with Gasteiger partial charge in [-0.2, -0.15) is 13.2 Å². The minimum absolute atomic E-state index is 0.171. The fraction of sp³-hybridized carbons (Fsp3) is 0.250. The van der Waals surface area contributed by atoms with E-state index in [2.05, 4.69) is 20.3 Å². The summed E-state index contributed by atoms with van der Waals surface area (Å²) in [6.07, 6.45) is 4.25. The zero-order valence-corrected chi connectivity index (χ0v) is 19.3. The largest absolute Gasteiger partial charge is 0.464 e. The fourth-order valence-corrected chi connectivity index (χ4v) is 4.38. The number of esters is 1. The van der Waals surface area contributed by atoms with E-state index in [1.165, 1.54) is 43.0 Å². The summed E-state index contributed by atoms with van der Waals surface area (Å²) in [6.45, 7) is 1.37. The number of anilines is 1. The summed E-state index contributed by atoms with van der Waals surface area (Å²) in [5.74, 6) is -4.12. The van der Waals surface area contributed by atoms with E-state index in [1.54, 1.807) is 18.2 Å². The average molecular weight is 487 g/mol. The van der Waals surface area contributed by atoms with Crippen LogP contribution in [0.25, 0.3) is 21.2 Å². The Bertz CT molecular complexity index is 1320. The number of pyridine rings is 2. The SMILES string of the molecule is COC(=O)c1nc(NCCCc2ccc(C(C)(F)F)nc2)sc1-c1ccc2cnc(F)cc2c1. The number of ether oxygens (including phenoxy) is 1. The number of carbonyl (C=O) groups excluding carboxylic acids is 1. The van der Waals surface area contributed by atoms with Gasteiger partial charge in [-0.05, 0) is 41.5 Å². The number of benzene rings is 1. The number of rotatable bonds is 8. The van der Waals surface area contributed by atoms with Gasteiger partial charge in [0.15, 0.2) is 10.8 Å². The number of nitrogens with one attached hydrogen (secondary N) is 1.